The molecular weight excluding hydrogens is 300 g/mol. The molecule has 2 N–H and O–H groups in total. The van der Waals surface area contributed by atoms with Gasteiger partial charge in [-0.15, -0.1) is 0 Å². The summed E-state index contributed by atoms with van der Waals surface area (Å²) in [5, 5.41) is 24.9. The number of nitrogens with zero attached hydrogens (tertiary/aromatic N) is 2. The molecule has 4 nitrogen and oxygen atoms in total. The summed E-state index contributed by atoms with van der Waals surface area (Å²) < 4.78 is 0. The van der Waals surface area contributed by atoms with Gasteiger partial charge in [-0.05, 0) is 48.1 Å². The molecule has 0 amide bonds. The SMILES string of the molecule is CCC1(CC)c2ccccc2-c2ccc(C(=NO)C(C)=NO)cc21. The highest BCUT2D eigenvalue weighted by Crippen LogP contribution is 2.52. The number of fused-ring (bicyclic) bond motifs is 3. The van der Waals surface area contributed by atoms with Gasteiger partial charge in [0.1, 0.15) is 11.4 Å². The number of rotatable bonds is 4. The van der Waals surface area contributed by atoms with Crippen LogP contribution in [-0.4, -0.2) is 21.8 Å². The summed E-state index contributed by atoms with van der Waals surface area (Å²) >= 11 is 0. The Morgan fingerprint density at radius 1 is 0.917 bits per heavy atom. The molecule has 0 saturated carbocycles. The second-order valence-electron chi connectivity index (χ2n) is 6.23. The molecule has 0 bridgehead atoms. The van der Waals surface area contributed by atoms with E-state index in [4.69, 9.17) is 5.21 Å². The second-order valence-corrected chi connectivity index (χ2v) is 6.23. The van der Waals surface area contributed by atoms with Crippen molar-refractivity contribution in [3.63, 3.8) is 0 Å². The van der Waals surface area contributed by atoms with Crippen LogP contribution in [0, 0.1) is 0 Å². The van der Waals surface area contributed by atoms with Gasteiger partial charge in [0, 0.05) is 11.0 Å². The Morgan fingerprint density at radius 3 is 2.21 bits per heavy atom. The van der Waals surface area contributed by atoms with Crippen molar-refractivity contribution >= 4 is 11.4 Å². The average Bonchev–Trinajstić information content (AvgIpc) is 2.92. The van der Waals surface area contributed by atoms with Gasteiger partial charge < -0.3 is 10.4 Å². The van der Waals surface area contributed by atoms with E-state index in [0.717, 1.165) is 18.4 Å². The summed E-state index contributed by atoms with van der Waals surface area (Å²) in [5.41, 5.74) is 6.41. The summed E-state index contributed by atoms with van der Waals surface area (Å²) in [6.07, 6.45) is 1.99. The molecule has 0 fully saturated rings. The Morgan fingerprint density at radius 2 is 1.58 bits per heavy atom. The molecule has 0 unspecified atom stereocenters. The molecule has 4 heteroatoms. The first kappa shape index (κ1) is 16.2. The maximum atomic E-state index is 9.34. The van der Waals surface area contributed by atoms with Crippen molar-refractivity contribution in [3.05, 3.63) is 59.2 Å². The van der Waals surface area contributed by atoms with E-state index >= 15 is 0 Å². The van der Waals surface area contributed by atoms with Crippen molar-refractivity contribution < 1.29 is 10.4 Å². The van der Waals surface area contributed by atoms with Crippen molar-refractivity contribution in [3.8, 4) is 11.1 Å². The zero-order valence-electron chi connectivity index (χ0n) is 14.2. The Hall–Kier alpha value is -2.62. The molecule has 2 aromatic carbocycles. The number of benzene rings is 2. The fourth-order valence-electron chi connectivity index (χ4n) is 4.00. The third kappa shape index (κ3) is 2.13. The Labute approximate surface area is 142 Å². The Bertz CT molecular complexity index is 833. The van der Waals surface area contributed by atoms with E-state index < -0.39 is 0 Å². The average molecular weight is 322 g/mol. The van der Waals surface area contributed by atoms with Crippen molar-refractivity contribution in [1.29, 1.82) is 0 Å². The van der Waals surface area contributed by atoms with Crippen molar-refractivity contribution in [2.24, 2.45) is 10.3 Å². The zero-order valence-corrected chi connectivity index (χ0v) is 14.2. The van der Waals surface area contributed by atoms with Gasteiger partial charge in [0.2, 0.25) is 0 Å². The van der Waals surface area contributed by atoms with Crippen LogP contribution in [0.3, 0.4) is 0 Å². The highest BCUT2D eigenvalue weighted by Gasteiger charge is 2.40. The van der Waals surface area contributed by atoms with E-state index in [9.17, 15) is 5.21 Å². The van der Waals surface area contributed by atoms with Gasteiger partial charge in [-0.3, -0.25) is 0 Å². The van der Waals surface area contributed by atoms with Crippen molar-refractivity contribution in [2.45, 2.75) is 39.0 Å². The molecule has 0 radical (unpaired) electrons. The van der Waals surface area contributed by atoms with Gasteiger partial charge >= 0.3 is 0 Å². The maximum absolute atomic E-state index is 9.34. The molecule has 0 spiro atoms. The van der Waals surface area contributed by atoms with Crippen LogP contribution in [0.25, 0.3) is 11.1 Å². The van der Waals surface area contributed by atoms with Gasteiger partial charge in [0.25, 0.3) is 0 Å². The number of hydrogen-bond donors (Lipinski definition) is 2. The third-order valence-corrected chi connectivity index (χ3v) is 5.34. The number of hydrogen-bond acceptors (Lipinski definition) is 4. The maximum Gasteiger partial charge on any atom is 0.134 e. The third-order valence-electron chi connectivity index (χ3n) is 5.34. The lowest BCUT2D eigenvalue weighted by Gasteiger charge is -2.29. The van der Waals surface area contributed by atoms with E-state index in [1.54, 1.807) is 6.92 Å². The lowest BCUT2D eigenvalue weighted by molar-refractivity contribution is 0.314. The van der Waals surface area contributed by atoms with E-state index in [1.165, 1.54) is 22.3 Å². The minimum absolute atomic E-state index is 0.0350. The molecule has 1 aliphatic carbocycles. The highest BCUT2D eigenvalue weighted by atomic mass is 16.4. The Kier molecular flexibility index (Phi) is 4.14. The van der Waals surface area contributed by atoms with Gasteiger partial charge in [0.15, 0.2) is 0 Å². The molecule has 3 rings (SSSR count). The smallest absolute Gasteiger partial charge is 0.134 e. The van der Waals surface area contributed by atoms with Crippen LogP contribution in [0.2, 0.25) is 0 Å². The van der Waals surface area contributed by atoms with E-state index in [2.05, 4.69) is 60.6 Å². The number of oxime groups is 2. The predicted octanol–water partition coefficient (Wildman–Crippen LogP) is 4.80. The standard InChI is InChI=1S/C20H22N2O2/c1-4-20(5-2)17-9-7-6-8-15(17)16-11-10-14(12-18(16)20)19(22-24)13(3)21-23/h6-12,23-24H,4-5H2,1-3H3. The topological polar surface area (TPSA) is 65.2 Å². The van der Waals surface area contributed by atoms with Gasteiger partial charge in [0.05, 0.1) is 0 Å². The fourth-order valence-corrected chi connectivity index (χ4v) is 4.00. The summed E-state index contributed by atoms with van der Waals surface area (Å²) in [4.78, 5) is 0. The summed E-state index contributed by atoms with van der Waals surface area (Å²) in [6.45, 7) is 6.04. The van der Waals surface area contributed by atoms with Crippen molar-refractivity contribution in [1.82, 2.24) is 0 Å². The first-order valence-electron chi connectivity index (χ1n) is 8.28. The second kappa shape index (κ2) is 6.11. The first-order valence-corrected chi connectivity index (χ1v) is 8.28. The molecule has 24 heavy (non-hydrogen) atoms. The largest absolute Gasteiger partial charge is 0.411 e. The van der Waals surface area contributed by atoms with Crippen LogP contribution in [-0.2, 0) is 5.41 Å². The zero-order chi connectivity index (χ0) is 17.3. The fraction of sp³-hybridized carbons (Fsp3) is 0.300. The first-order chi connectivity index (χ1) is 11.6. The predicted molar refractivity (Wildman–Crippen MR) is 96.5 cm³/mol. The van der Waals surface area contributed by atoms with Crippen molar-refractivity contribution in [2.75, 3.05) is 0 Å². The minimum atomic E-state index is -0.0350. The lowest BCUT2D eigenvalue weighted by atomic mass is 9.73. The molecular formula is C20H22N2O2. The molecule has 0 atom stereocenters. The van der Waals surface area contributed by atoms with Gasteiger partial charge in [-0.2, -0.15) is 0 Å². The van der Waals surface area contributed by atoms with Gasteiger partial charge in [-0.1, -0.05) is 60.6 Å². The summed E-state index contributed by atoms with van der Waals surface area (Å²) in [6, 6.07) is 14.6. The van der Waals surface area contributed by atoms with Crippen LogP contribution in [0.4, 0.5) is 0 Å². The van der Waals surface area contributed by atoms with Crippen LogP contribution in [0.1, 0.15) is 50.3 Å². The summed E-state index contributed by atoms with van der Waals surface area (Å²) in [5.74, 6) is 0. The van der Waals surface area contributed by atoms with E-state index in [1.807, 2.05) is 6.07 Å². The van der Waals surface area contributed by atoms with E-state index in [0.29, 0.717) is 0 Å². The molecule has 124 valence electrons. The van der Waals surface area contributed by atoms with Crippen LogP contribution in [0.15, 0.2) is 52.8 Å². The normalized spacial score (nSPS) is 16.0. The molecule has 2 aromatic rings. The van der Waals surface area contributed by atoms with E-state index in [-0.39, 0.29) is 16.8 Å². The molecule has 0 heterocycles. The van der Waals surface area contributed by atoms with Crippen LogP contribution >= 0.6 is 0 Å². The molecule has 0 saturated heterocycles. The minimum Gasteiger partial charge on any atom is -0.411 e. The van der Waals surface area contributed by atoms with Gasteiger partial charge in [-0.25, -0.2) is 0 Å². The quantitative estimate of drug-likeness (QED) is 0.482. The highest BCUT2D eigenvalue weighted by molar-refractivity contribution is 6.47. The molecule has 0 aromatic heterocycles. The molecule has 0 aliphatic heterocycles. The van der Waals surface area contributed by atoms with Crippen LogP contribution < -0.4 is 0 Å². The summed E-state index contributed by atoms with van der Waals surface area (Å²) in [7, 11) is 0. The Balaban J connectivity index is 2.26. The lowest BCUT2D eigenvalue weighted by Crippen LogP contribution is -2.23. The molecule has 1 aliphatic rings. The monoisotopic (exact) mass is 322 g/mol. The van der Waals surface area contributed by atoms with Crippen LogP contribution in [0.5, 0.6) is 0 Å².